The van der Waals surface area contributed by atoms with Crippen LogP contribution in [0.25, 0.3) is 16.6 Å². The maximum atomic E-state index is 13.1. The number of halogens is 3. The van der Waals surface area contributed by atoms with E-state index >= 15 is 0 Å². The van der Waals surface area contributed by atoms with Gasteiger partial charge in [0.1, 0.15) is 0 Å². The molecule has 0 saturated heterocycles. The lowest BCUT2D eigenvalue weighted by Crippen LogP contribution is -2.25. The maximum absolute atomic E-state index is 13.1. The maximum Gasteiger partial charge on any atom is 0.416 e. The van der Waals surface area contributed by atoms with Crippen molar-refractivity contribution in [3.63, 3.8) is 0 Å². The lowest BCUT2D eigenvalue weighted by atomic mass is 9.97. The Kier molecular flexibility index (Phi) is 6.51. The van der Waals surface area contributed by atoms with Crippen LogP contribution in [-0.4, -0.2) is 22.0 Å². The lowest BCUT2D eigenvalue weighted by Gasteiger charge is -2.13. The summed E-state index contributed by atoms with van der Waals surface area (Å²) in [6.45, 7) is 0.524. The van der Waals surface area contributed by atoms with Crippen LogP contribution < -0.4 is 10.9 Å². The van der Waals surface area contributed by atoms with Gasteiger partial charge in [0.05, 0.1) is 22.2 Å². The lowest BCUT2D eigenvalue weighted by molar-refractivity contribution is -0.137. The first-order chi connectivity index (χ1) is 15.7. The number of aromatic amines is 1. The normalized spacial score (nSPS) is 14.2. The van der Waals surface area contributed by atoms with Crippen LogP contribution in [0.15, 0.2) is 58.9 Å². The van der Waals surface area contributed by atoms with Crippen LogP contribution >= 0.6 is 12.2 Å². The monoisotopic (exact) mass is 473 g/mol. The average Bonchev–Trinajstić information content (AvgIpc) is 2.79. The summed E-state index contributed by atoms with van der Waals surface area (Å²) < 4.78 is 40.2. The number of hydrogen-bond donors (Lipinski definition) is 2. The summed E-state index contributed by atoms with van der Waals surface area (Å²) in [6.07, 6.45) is 3.06. The first-order valence-electron chi connectivity index (χ1n) is 10.7. The molecule has 0 saturated carbocycles. The Morgan fingerprint density at radius 1 is 1.15 bits per heavy atom. The van der Waals surface area contributed by atoms with Crippen molar-refractivity contribution in [2.24, 2.45) is 0 Å². The van der Waals surface area contributed by atoms with Crippen LogP contribution in [0.4, 0.5) is 13.2 Å². The second kappa shape index (κ2) is 9.35. The van der Waals surface area contributed by atoms with Gasteiger partial charge in [-0.05, 0) is 80.7 Å². The number of rotatable bonds is 5. The molecule has 1 amide bonds. The van der Waals surface area contributed by atoms with Gasteiger partial charge in [-0.2, -0.15) is 13.2 Å². The van der Waals surface area contributed by atoms with E-state index in [1.807, 2.05) is 0 Å². The first kappa shape index (κ1) is 23.0. The number of nitrogens with zero attached hydrogens (tertiary/aromatic N) is 1. The number of carbonyl (C=O) groups is 1. The highest BCUT2D eigenvalue weighted by molar-refractivity contribution is 7.71. The van der Waals surface area contributed by atoms with Crippen molar-refractivity contribution in [1.29, 1.82) is 0 Å². The summed E-state index contributed by atoms with van der Waals surface area (Å²) in [4.78, 5) is 28.5. The summed E-state index contributed by atoms with van der Waals surface area (Å²) in [7, 11) is 0. The van der Waals surface area contributed by atoms with Crippen LogP contribution in [-0.2, 0) is 6.18 Å². The zero-order valence-corrected chi connectivity index (χ0v) is 18.5. The van der Waals surface area contributed by atoms with Crippen LogP contribution in [0.5, 0.6) is 0 Å². The van der Waals surface area contributed by atoms with Crippen molar-refractivity contribution in [3.05, 3.63) is 80.4 Å². The second-order valence-electron chi connectivity index (χ2n) is 7.99. The van der Waals surface area contributed by atoms with Gasteiger partial charge in [-0.25, -0.2) is 0 Å². The minimum Gasteiger partial charge on any atom is -0.352 e. The summed E-state index contributed by atoms with van der Waals surface area (Å²) in [5.41, 5.74) is 0.635. The topological polar surface area (TPSA) is 66.9 Å². The number of H-pyrrole nitrogens is 1. The van der Waals surface area contributed by atoms with Crippen molar-refractivity contribution >= 4 is 29.0 Å². The van der Waals surface area contributed by atoms with E-state index in [-0.39, 0.29) is 21.8 Å². The minimum atomic E-state index is -4.54. The fraction of sp³-hybridized carbons (Fsp3) is 0.292. The van der Waals surface area contributed by atoms with Gasteiger partial charge < -0.3 is 10.3 Å². The molecule has 2 N–H and O–H groups in total. The predicted octanol–water partition coefficient (Wildman–Crippen LogP) is 5.69. The molecule has 0 bridgehead atoms. The Balaban J connectivity index is 1.60. The third-order valence-corrected chi connectivity index (χ3v) is 5.99. The van der Waals surface area contributed by atoms with E-state index in [2.05, 4.69) is 16.4 Å². The van der Waals surface area contributed by atoms with Gasteiger partial charge in [0.15, 0.2) is 4.77 Å². The molecule has 3 aromatic rings. The summed E-state index contributed by atoms with van der Waals surface area (Å²) in [5, 5.41) is 3.10. The van der Waals surface area contributed by atoms with Gasteiger partial charge in [0.2, 0.25) is 0 Å². The van der Waals surface area contributed by atoms with Gasteiger partial charge in [-0.15, -0.1) is 0 Å². The molecule has 0 spiro atoms. The first-order valence-corrected chi connectivity index (χ1v) is 11.1. The molecular weight excluding hydrogens is 451 g/mol. The summed E-state index contributed by atoms with van der Waals surface area (Å²) in [5.74, 6) is -0.269. The number of carbonyl (C=O) groups excluding carboxylic acids is 1. The highest BCUT2D eigenvalue weighted by Crippen LogP contribution is 2.30. The van der Waals surface area contributed by atoms with E-state index in [0.717, 1.165) is 36.0 Å². The van der Waals surface area contributed by atoms with Gasteiger partial charge in [0.25, 0.3) is 11.5 Å². The molecule has 33 heavy (non-hydrogen) atoms. The molecule has 2 aromatic carbocycles. The minimum absolute atomic E-state index is 0.0109. The van der Waals surface area contributed by atoms with Crippen LogP contribution in [0.3, 0.4) is 0 Å². The molecule has 1 heterocycles. The molecule has 4 rings (SSSR count). The Labute approximate surface area is 193 Å². The highest BCUT2D eigenvalue weighted by atomic mass is 32.1. The fourth-order valence-electron chi connectivity index (χ4n) is 3.99. The fourth-order valence-corrected chi connectivity index (χ4v) is 4.28. The average molecular weight is 474 g/mol. The van der Waals surface area contributed by atoms with E-state index in [4.69, 9.17) is 12.2 Å². The molecule has 0 aliphatic heterocycles. The van der Waals surface area contributed by atoms with Gasteiger partial charge >= 0.3 is 6.18 Å². The molecular formula is C24H22F3N3O2S. The summed E-state index contributed by atoms with van der Waals surface area (Å²) in [6, 6.07) is 8.94. The largest absolute Gasteiger partial charge is 0.416 e. The standard InChI is InChI=1S/C24H22F3N3O2S/c25-24(26,27)17-7-4-8-18(14-17)30-22(32)19-10-9-16(13-20(19)29-23(30)33)21(31)28-12-11-15-5-2-1-3-6-15/h4-5,7-10,13-14H,1-3,6,11-12H2,(H,28,31)(H,29,33). The van der Waals surface area contributed by atoms with E-state index in [1.165, 1.54) is 48.7 Å². The molecule has 0 atom stereocenters. The Morgan fingerprint density at radius 3 is 2.70 bits per heavy atom. The molecule has 0 fully saturated rings. The van der Waals surface area contributed by atoms with Crippen molar-refractivity contribution in [2.45, 2.75) is 38.3 Å². The van der Waals surface area contributed by atoms with Crippen molar-refractivity contribution in [1.82, 2.24) is 14.9 Å². The number of alkyl halides is 3. The van der Waals surface area contributed by atoms with E-state index < -0.39 is 17.3 Å². The highest BCUT2D eigenvalue weighted by Gasteiger charge is 2.30. The third-order valence-electron chi connectivity index (χ3n) is 5.71. The van der Waals surface area contributed by atoms with Crippen molar-refractivity contribution in [3.8, 4) is 5.69 Å². The second-order valence-corrected chi connectivity index (χ2v) is 8.38. The Hall–Kier alpha value is -3.20. The molecule has 1 aliphatic carbocycles. The van der Waals surface area contributed by atoms with Gasteiger partial charge in [0, 0.05) is 12.1 Å². The smallest absolute Gasteiger partial charge is 0.352 e. The number of hydrogen-bond acceptors (Lipinski definition) is 3. The quantitative estimate of drug-likeness (QED) is 0.370. The number of allylic oxidation sites excluding steroid dienone is 1. The molecule has 1 aliphatic rings. The molecule has 0 radical (unpaired) electrons. The zero-order valence-electron chi connectivity index (χ0n) is 17.7. The van der Waals surface area contributed by atoms with E-state index in [9.17, 15) is 22.8 Å². The molecule has 1 aromatic heterocycles. The van der Waals surface area contributed by atoms with Crippen LogP contribution in [0, 0.1) is 4.77 Å². The van der Waals surface area contributed by atoms with Crippen LogP contribution in [0.2, 0.25) is 0 Å². The summed E-state index contributed by atoms with van der Waals surface area (Å²) >= 11 is 5.26. The SMILES string of the molecule is O=C(NCCC1=CCCCC1)c1ccc2c(=O)n(-c3cccc(C(F)(F)F)c3)c(=S)[nH]c2c1. The molecule has 9 heteroatoms. The Bertz CT molecular complexity index is 1360. The van der Waals surface area contributed by atoms with Crippen molar-refractivity contribution in [2.75, 3.05) is 6.54 Å². The molecule has 172 valence electrons. The van der Waals surface area contributed by atoms with E-state index in [0.29, 0.717) is 17.6 Å². The van der Waals surface area contributed by atoms with E-state index in [1.54, 1.807) is 0 Å². The number of fused-ring (bicyclic) bond motifs is 1. The number of nitrogens with one attached hydrogen (secondary N) is 2. The number of aromatic nitrogens is 2. The number of amides is 1. The van der Waals surface area contributed by atoms with Crippen LogP contribution in [0.1, 0.15) is 48.0 Å². The van der Waals surface area contributed by atoms with Crippen molar-refractivity contribution < 1.29 is 18.0 Å². The zero-order chi connectivity index (χ0) is 23.6. The number of benzene rings is 2. The molecule has 0 unspecified atom stereocenters. The Morgan fingerprint density at radius 2 is 1.97 bits per heavy atom. The molecule has 5 nitrogen and oxygen atoms in total. The van der Waals surface area contributed by atoms with Gasteiger partial charge in [-0.1, -0.05) is 17.7 Å². The third kappa shape index (κ3) is 5.08. The predicted molar refractivity (Wildman–Crippen MR) is 123 cm³/mol. The van der Waals surface area contributed by atoms with Gasteiger partial charge in [-0.3, -0.25) is 14.2 Å².